The Morgan fingerprint density at radius 3 is 2.88 bits per heavy atom. The van der Waals surface area contributed by atoms with Crippen molar-refractivity contribution in [2.75, 3.05) is 26.0 Å². The average Bonchev–Trinajstić information content (AvgIpc) is 3.25. The minimum Gasteiger partial charge on any atom is -0.466 e. The molecule has 25 heavy (non-hydrogen) atoms. The summed E-state index contributed by atoms with van der Waals surface area (Å²) in [6.45, 7) is 1.23. The number of esters is 1. The Balaban J connectivity index is 1.96. The molecule has 134 valence electrons. The van der Waals surface area contributed by atoms with Crippen LogP contribution in [-0.2, 0) is 19.1 Å². The van der Waals surface area contributed by atoms with Crippen LogP contribution in [0.2, 0.25) is 0 Å². The highest BCUT2D eigenvalue weighted by molar-refractivity contribution is 7.99. The quantitative estimate of drug-likeness (QED) is 0.697. The van der Waals surface area contributed by atoms with E-state index in [-0.39, 0.29) is 24.2 Å². The van der Waals surface area contributed by atoms with Gasteiger partial charge in [-0.25, -0.2) is 4.79 Å². The van der Waals surface area contributed by atoms with E-state index in [1.165, 1.54) is 41.8 Å². The highest BCUT2D eigenvalue weighted by Gasteiger charge is 2.43. The number of rotatable bonds is 6. The molecule has 2 amide bonds. The van der Waals surface area contributed by atoms with Crippen molar-refractivity contribution in [2.45, 2.75) is 24.8 Å². The van der Waals surface area contributed by atoms with Gasteiger partial charge in [0.15, 0.2) is 6.61 Å². The standard InChI is InChI=1S/C16H19N3O5S/c1-11(20)19-12(10-25-15(19)13-5-3-8-23-13)16(22)24-9-14(21)18(2)7-4-6-17/h3,5,8,12,15H,4,7,9-10H2,1-2H3/t12-,15+/m0/s1. The fraction of sp³-hybridized carbons (Fsp3) is 0.500. The molecule has 0 aromatic carbocycles. The van der Waals surface area contributed by atoms with E-state index in [1.807, 2.05) is 6.07 Å². The molecule has 1 aromatic rings. The number of nitriles is 1. The van der Waals surface area contributed by atoms with Crippen LogP contribution in [0, 0.1) is 11.3 Å². The number of likely N-dealkylation sites (N-methyl/N-ethyl adjacent to an activating group) is 1. The van der Waals surface area contributed by atoms with E-state index in [1.54, 1.807) is 12.1 Å². The number of carbonyl (C=O) groups is 3. The lowest BCUT2D eigenvalue weighted by Gasteiger charge is -2.26. The minimum atomic E-state index is -0.769. The van der Waals surface area contributed by atoms with Crippen molar-refractivity contribution in [1.29, 1.82) is 5.26 Å². The van der Waals surface area contributed by atoms with Gasteiger partial charge in [-0.15, -0.1) is 11.8 Å². The van der Waals surface area contributed by atoms with Gasteiger partial charge in [0.05, 0.1) is 18.8 Å². The first-order valence-electron chi connectivity index (χ1n) is 7.67. The summed E-state index contributed by atoms with van der Waals surface area (Å²) in [7, 11) is 1.54. The predicted molar refractivity (Wildman–Crippen MR) is 89.0 cm³/mol. The van der Waals surface area contributed by atoms with Crippen LogP contribution in [0.5, 0.6) is 0 Å². The van der Waals surface area contributed by atoms with Crippen LogP contribution in [0.4, 0.5) is 0 Å². The Kier molecular flexibility index (Phi) is 6.47. The molecule has 0 spiro atoms. The zero-order valence-electron chi connectivity index (χ0n) is 14.0. The summed E-state index contributed by atoms with van der Waals surface area (Å²) in [4.78, 5) is 38.9. The normalized spacial score (nSPS) is 19.3. The van der Waals surface area contributed by atoms with Gasteiger partial charge in [0.2, 0.25) is 5.91 Å². The van der Waals surface area contributed by atoms with Crippen molar-refractivity contribution in [3.05, 3.63) is 24.2 Å². The zero-order valence-corrected chi connectivity index (χ0v) is 14.8. The Morgan fingerprint density at radius 2 is 2.28 bits per heavy atom. The monoisotopic (exact) mass is 365 g/mol. The van der Waals surface area contributed by atoms with Gasteiger partial charge in [0, 0.05) is 26.3 Å². The molecule has 0 N–H and O–H groups in total. The maximum absolute atomic E-state index is 12.3. The van der Waals surface area contributed by atoms with Crippen LogP contribution < -0.4 is 0 Å². The smallest absolute Gasteiger partial charge is 0.330 e. The fourth-order valence-corrected chi connectivity index (χ4v) is 3.82. The van der Waals surface area contributed by atoms with Gasteiger partial charge >= 0.3 is 5.97 Å². The van der Waals surface area contributed by atoms with Crippen LogP contribution in [0.25, 0.3) is 0 Å². The Labute approximate surface area is 149 Å². The summed E-state index contributed by atoms with van der Waals surface area (Å²) >= 11 is 1.40. The van der Waals surface area contributed by atoms with Crippen molar-refractivity contribution in [3.63, 3.8) is 0 Å². The molecule has 0 saturated carbocycles. The molecule has 1 aliphatic heterocycles. The maximum Gasteiger partial charge on any atom is 0.330 e. The second kappa shape index (κ2) is 8.58. The number of furan rings is 1. The van der Waals surface area contributed by atoms with Crippen molar-refractivity contribution in [3.8, 4) is 6.07 Å². The fourth-order valence-electron chi connectivity index (χ4n) is 2.41. The molecule has 9 heteroatoms. The van der Waals surface area contributed by atoms with Gasteiger partial charge in [-0.05, 0) is 12.1 Å². The Hall–Kier alpha value is -2.47. The van der Waals surface area contributed by atoms with Crippen molar-refractivity contribution >= 4 is 29.5 Å². The van der Waals surface area contributed by atoms with Gasteiger partial charge in [-0.2, -0.15) is 5.26 Å². The molecule has 2 rings (SSSR count). The third-order valence-corrected chi connectivity index (χ3v) is 5.03. The highest BCUT2D eigenvalue weighted by Crippen LogP contribution is 2.41. The first-order chi connectivity index (χ1) is 12.0. The molecule has 2 heterocycles. The van der Waals surface area contributed by atoms with E-state index in [0.717, 1.165) is 0 Å². The second-order valence-corrected chi connectivity index (χ2v) is 6.59. The third kappa shape index (κ3) is 4.54. The van der Waals surface area contributed by atoms with E-state index >= 15 is 0 Å². The zero-order chi connectivity index (χ0) is 18.4. The lowest BCUT2D eigenvalue weighted by molar-refractivity contribution is -0.158. The molecule has 0 aliphatic carbocycles. The number of carbonyl (C=O) groups excluding carboxylic acids is 3. The molecule has 1 saturated heterocycles. The van der Waals surface area contributed by atoms with E-state index in [4.69, 9.17) is 14.4 Å². The predicted octanol–water partition coefficient (Wildman–Crippen LogP) is 1.16. The molecule has 8 nitrogen and oxygen atoms in total. The molecule has 1 fully saturated rings. The Bertz CT molecular complexity index is 670. The van der Waals surface area contributed by atoms with Gasteiger partial charge in [-0.1, -0.05) is 0 Å². The lowest BCUT2D eigenvalue weighted by Crippen LogP contribution is -2.43. The first kappa shape index (κ1) is 18.9. The average molecular weight is 365 g/mol. The van der Waals surface area contributed by atoms with Crippen LogP contribution in [-0.4, -0.2) is 59.6 Å². The van der Waals surface area contributed by atoms with E-state index < -0.39 is 24.5 Å². The molecule has 1 aromatic heterocycles. The molecule has 0 unspecified atom stereocenters. The third-order valence-electron chi connectivity index (χ3n) is 3.75. The minimum absolute atomic E-state index is 0.207. The topological polar surface area (TPSA) is 104 Å². The largest absolute Gasteiger partial charge is 0.466 e. The van der Waals surface area contributed by atoms with Crippen LogP contribution in [0.3, 0.4) is 0 Å². The molecular formula is C16H19N3O5S. The SMILES string of the molecule is CC(=O)N1[C@@H](c2ccco2)SC[C@H]1C(=O)OCC(=O)N(C)CCC#N. The summed E-state index contributed by atoms with van der Waals surface area (Å²) in [5, 5.41) is 8.13. The van der Waals surface area contributed by atoms with Crippen LogP contribution in [0.15, 0.2) is 22.8 Å². The lowest BCUT2D eigenvalue weighted by atomic mass is 10.2. The van der Waals surface area contributed by atoms with Crippen molar-refractivity contribution in [2.24, 2.45) is 0 Å². The molecule has 0 bridgehead atoms. The van der Waals surface area contributed by atoms with Crippen molar-refractivity contribution in [1.82, 2.24) is 9.80 Å². The van der Waals surface area contributed by atoms with Crippen LogP contribution in [0.1, 0.15) is 24.5 Å². The first-order valence-corrected chi connectivity index (χ1v) is 8.72. The highest BCUT2D eigenvalue weighted by atomic mass is 32.2. The van der Waals surface area contributed by atoms with Crippen molar-refractivity contribution < 1.29 is 23.5 Å². The van der Waals surface area contributed by atoms with Gasteiger partial charge in [0.25, 0.3) is 5.91 Å². The van der Waals surface area contributed by atoms with Gasteiger partial charge < -0.3 is 19.0 Å². The molecule has 1 aliphatic rings. The van der Waals surface area contributed by atoms with Gasteiger partial charge in [-0.3, -0.25) is 9.59 Å². The van der Waals surface area contributed by atoms with E-state index in [2.05, 4.69) is 0 Å². The number of amides is 2. The number of hydrogen-bond donors (Lipinski definition) is 0. The van der Waals surface area contributed by atoms with Gasteiger partial charge in [0.1, 0.15) is 17.2 Å². The number of ether oxygens (including phenoxy) is 1. The molecular weight excluding hydrogens is 346 g/mol. The van der Waals surface area contributed by atoms with Crippen LogP contribution >= 0.6 is 11.8 Å². The maximum atomic E-state index is 12.3. The summed E-state index contributed by atoms with van der Waals surface area (Å²) in [5.74, 6) is -0.346. The Morgan fingerprint density at radius 1 is 1.52 bits per heavy atom. The molecule has 2 atom stereocenters. The number of thioether (sulfide) groups is 1. The summed E-state index contributed by atoms with van der Waals surface area (Å²) in [6, 6.07) is 4.64. The van der Waals surface area contributed by atoms with E-state index in [9.17, 15) is 14.4 Å². The summed E-state index contributed by atoms with van der Waals surface area (Å²) in [6.07, 6.45) is 1.72. The number of nitrogens with zero attached hydrogens (tertiary/aromatic N) is 3. The molecule has 0 radical (unpaired) electrons. The second-order valence-electron chi connectivity index (χ2n) is 5.47. The van der Waals surface area contributed by atoms with E-state index in [0.29, 0.717) is 11.5 Å². The summed E-state index contributed by atoms with van der Waals surface area (Å²) in [5.41, 5.74) is 0. The summed E-state index contributed by atoms with van der Waals surface area (Å²) < 4.78 is 10.4. The number of hydrogen-bond acceptors (Lipinski definition) is 7.